The monoisotopic (exact) mass is 287 g/mol. The number of hydrogen-bond donors (Lipinski definition) is 1. The largest absolute Gasteiger partial charge is 0.493 e. The van der Waals surface area contributed by atoms with Crippen molar-refractivity contribution in [1.29, 1.82) is 0 Å². The second-order valence-electron chi connectivity index (χ2n) is 6.63. The Labute approximate surface area is 120 Å². The Kier molecular flexibility index (Phi) is 5.22. The minimum absolute atomic E-state index is 0.0197. The Morgan fingerprint density at radius 2 is 1.84 bits per heavy atom. The number of hydrogen-bond acceptors (Lipinski definition) is 2. The fraction of sp³-hybridized carbons (Fsp3) is 0.600. The van der Waals surface area contributed by atoms with E-state index in [0.29, 0.717) is 12.4 Å². The van der Waals surface area contributed by atoms with E-state index in [4.69, 9.17) is 16.3 Å². The van der Waals surface area contributed by atoms with Crippen LogP contribution in [0.1, 0.15) is 34.6 Å². The van der Waals surface area contributed by atoms with E-state index in [2.05, 4.69) is 39.9 Å². The molecule has 0 aromatic heterocycles. The van der Waals surface area contributed by atoms with Crippen LogP contribution in [0.5, 0.6) is 5.75 Å². The van der Waals surface area contributed by atoms with Crippen LogP contribution in [0, 0.1) is 11.2 Å². The lowest BCUT2D eigenvalue weighted by Gasteiger charge is -2.30. The van der Waals surface area contributed by atoms with Crippen molar-refractivity contribution in [2.75, 3.05) is 13.2 Å². The Bertz CT molecular complexity index is 427. The Balaban J connectivity index is 2.52. The predicted molar refractivity (Wildman–Crippen MR) is 78.4 cm³/mol. The molecule has 4 heteroatoms. The maximum atomic E-state index is 13.0. The van der Waals surface area contributed by atoms with Gasteiger partial charge >= 0.3 is 0 Å². The van der Waals surface area contributed by atoms with Crippen LogP contribution in [0.3, 0.4) is 0 Å². The van der Waals surface area contributed by atoms with Crippen molar-refractivity contribution in [2.45, 2.75) is 40.2 Å². The van der Waals surface area contributed by atoms with Gasteiger partial charge in [0.25, 0.3) is 0 Å². The molecule has 108 valence electrons. The molecule has 0 spiro atoms. The van der Waals surface area contributed by atoms with Crippen LogP contribution in [0.4, 0.5) is 4.39 Å². The topological polar surface area (TPSA) is 21.3 Å². The summed E-state index contributed by atoms with van der Waals surface area (Å²) in [6.45, 7) is 12.0. The highest BCUT2D eigenvalue weighted by molar-refractivity contribution is 6.30. The van der Waals surface area contributed by atoms with Crippen LogP contribution in [-0.4, -0.2) is 18.7 Å². The molecule has 0 heterocycles. The highest BCUT2D eigenvalue weighted by atomic mass is 35.5. The summed E-state index contributed by atoms with van der Waals surface area (Å²) in [5, 5.41) is 3.54. The summed E-state index contributed by atoms with van der Waals surface area (Å²) in [6.07, 6.45) is 0. The molecule has 0 amide bonds. The predicted octanol–water partition coefficient (Wildman–Crippen LogP) is 4.27. The van der Waals surface area contributed by atoms with Crippen molar-refractivity contribution >= 4 is 11.6 Å². The molecule has 0 fully saturated rings. The van der Waals surface area contributed by atoms with Gasteiger partial charge in [-0.3, -0.25) is 0 Å². The zero-order chi connectivity index (χ0) is 14.7. The molecule has 19 heavy (non-hydrogen) atoms. The van der Waals surface area contributed by atoms with Gasteiger partial charge in [-0.2, -0.15) is 0 Å². The van der Waals surface area contributed by atoms with Crippen molar-refractivity contribution in [3.05, 3.63) is 29.0 Å². The molecule has 0 saturated heterocycles. The van der Waals surface area contributed by atoms with Gasteiger partial charge in [0.15, 0.2) is 0 Å². The molecular formula is C15H23ClFNO. The molecule has 1 aromatic rings. The summed E-state index contributed by atoms with van der Waals surface area (Å²) >= 11 is 5.72. The molecule has 0 unspecified atom stereocenters. The Morgan fingerprint density at radius 1 is 1.21 bits per heavy atom. The molecule has 1 N–H and O–H groups in total. The Morgan fingerprint density at radius 3 is 2.37 bits per heavy atom. The van der Waals surface area contributed by atoms with Gasteiger partial charge < -0.3 is 10.1 Å². The van der Waals surface area contributed by atoms with Crippen molar-refractivity contribution in [1.82, 2.24) is 5.32 Å². The number of halogens is 2. The number of nitrogens with one attached hydrogen (secondary N) is 1. The van der Waals surface area contributed by atoms with Gasteiger partial charge in [-0.1, -0.05) is 25.4 Å². The molecule has 0 aliphatic carbocycles. The van der Waals surface area contributed by atoms with Crippen LogP contribution < -0.4 is 10.1 Å². The maximum Gasteiger partial charge on any atom is 0.142 e. The summed E-state index contributed by atoms with van der Waals surface area (Å²) in [7, 11) is 0. The van der Waals surface area contributed by atoms with Gasteiger partial charge in [0.2, 0.25) is 0 Å². The fourth-order valence-corrected chi connectivity index (χ4v) is 1.57. The van der Waals surface area contributed by atoms with Crippen molar-refractivity contribution in [3.8, 4) is 5.75 Å². The SMILES string of the molecule is CC(C)(CNC(C)(C)C)COc1ccc(F)c(Cl)c1. The normalized spacial score (nSPS) is 12.6. The summed E-state index contributed by atoms with van der Waals surface area (Å²) in [5.74, 6) is 0.165. The smallest absolute Gasteiger partial charge is 0.142 e. The minimum Gasteiger partial charge on any atom is -0.493 e. The number of ether oxygens (including phenoxy) is 1. The van der Waals surface area contributed by atoms with Gasteiger partial charge in [0.05, 0.1) is 11.6 Å². The zero-order valence-corrected chi connectivity index (χ0v) is 13.1. The molecule has 0 atom stereocenters. The fourth-order valence-electron chi connectivity index (χ4n) is 1.40. The number of benzene rings is 1. The molecule has 2 nitrogen and oxygen atoms in total. The molecular weight excluding hydrogens is 265 g/mol. The highest BCUT2D eigenvalue weighted by Gasteiger charge is 2.22. The standard InChI is InChI=1S/C15H23ClFNO/c1-14(2,3)18-9-15(4,5)10-19-11-6-7-13(17)12(16)8-11/h6-8,18H,9-10H2,1-5H3. The van der Waals surface area contributed by atoms with E-state index >= 15 is 0 Å². The van der Waals surface area contributed by atoms with Crippen LogP contribution in [0.25, 0.3) is 0 Å². The zero-order valence-electron chi connectivity index (χ0n) is 12.3. The molecule has 0 aliphatic heterocycles. The quantitative estimate of drug-likeness (QED) is 0.873. The van der Waals surface area contributed by atoms with Crippen molar-refractivity contribution in [2.24, 2.45) is 5.41 Å². The van der Waals surface area contributed by atoms with Crippen LogP contribution in [0.2, 0.25) is 5.02 Å². The first-order valence-electron chi connectivity index (χ1n) is 6.42. The third kappa shape index (κ3) is 6.26. The average molecular weight is 288 g/mol. The van der Waals surface area contributed by atoms with Crippen LogP contribution >= 0.6 is 11.6 Å². The van der Waals surface area contributed by atoms with E-state index < -0.39 is 5.82 Å². The average Bonchev–Trinajstić information content (AvgIpc) is 2.28. The summed E-state index contributed by atoms with van der Waals surface area (Å²) < 4.78 is 18.7. The van der Waals surface area contributed by atoms with Gasteiger partial charge in [-0.25, -0.2) is 4.39 Å². The van der Waals surface area contributed by atoms with Gasteiger partial charge in [-0.05, 0) is 32.9 Å². The van der Waals surface area contributed by atoms with E-state index in [1.165, 1.54) is 12.1 Å². The summed E-state index contributed by atoms with van der Waals surface area (Å²) in [5.41, 5.74) is 0.0601. The summed E-state index contributed by atoms with van der Waals surface area (Å²) in [4.78, 5) is 0. The first-order chi connectivity index (χ1) is 8.59. The molecule has 0 radical (unpaired) electrons. The van der Waals surface area contributed by atoms with E-state index in [0.717, 1.165) is 6.54 Å². The third-order valence-electron chi connectivity index (χ3n) is 2.62. The van der Waals surface area contributed by atoms with Crippen molar-refractivity contribution < 1.29 is 9.13 Å². The lowest BCUT2D eigenvalue weighted by atomic mass is 9.93. The molecule has 0 bridgehead atoms. The first kappa shape index (κ1) is 16.3. The van der Waals surface area contributed by atoms with Crippen molar-refractivity contribution in [3.63, 3.8) is 0 Å². The maximum absolute atomic E-state index is 13.0. The van der Waals surface area contributed by atoms with Gasteiger partial charge in [0, 0.05) is 23.6 Å². The third-order valence-corrected chi connectivity index (χ3v) is 2.91. The van der Waals surface area contributed by atoms with Crippen LogP contribution in [0.15, 0.2) is 18.2 Å². The molecule has 1 aromatic carbocycles. The minimum atomic E-state index is -0.428. The summed E-state index contributed by atoms with van der Waals surface area (Å²) in [6, 6.07) is 4.41. The van der Waals surface area contributed by atoms with E-state index in [1.807, 2.05) is 0 Å². The molecule has 0 saturated carbocycles. The number of rotatable bonds is 5. The Hall–Kier alpha value is -0.800. The van der Waals surface area contributed by atoms with E-state index in [-0.39, 0.29) is 16.0 Å². The first-order valence-corrected chi connectivity index (χ1v) is 6.80. The lowest BCUT2D eigenvalue weighted by Crippen LogP contribution is -2.43. The highest BCUT2D eigenvalue weighted by Crippen LogP contribution is 2.23. The van der Waals surface area contributed by atoms with Gasteiger partial charge in [-0.15, -0.1) is 0 Å². The second kappa shape index (κ2) is 6.10. The van der Waals surface area contributed by atoms with E-state index in [9.17, 15) is 4.39 Å². The lowest BCUT2D eigenvalue weighted by molar-refractivity contribution is 0.165. The van der Waals surface area contributed by atoms with E-state index in [1.54, 1.807) is 6.07 Å². The second-order valence-corrected chi connectivity index (χ2v) is 7.04. The van der Waals surface area contributed by atoms with Crippen LogP contribution in [-0.2, 0) is 0 Å². The van der Waals surface area contributed by atoms with Gasteiger partial charge in [0.1, 0.15) is 11.6 Å². The molecule has 0 aliphatic rings. The molecule has 1 rings (SSSR count).